The van der Waals surface area contributed by atoms with Crippen molar-refractivity contribution in [3.8, 4) is 5.75 Å². The second-order valence-electron chi connectivity index (χ2n) is 8.94. The van der Waals surface area contributed by atoms with Gasteiger partial charge >= 0.3 is 0 Å². The summed E-state index contributed by atoms with van der Waals surface area (Å²) in [6.07, 6.45) is 0.494. The predicted molar refractivity (Wildman–Crippen MR) is 130 cm³/mol. The number of benzene rings is 3. The summed E-state index contributed by atoms with van der Waals surface area (Å²) in [6, 6.07) is 24.6. The van der Waals surface area contributed by atoms with E-state index in [1.807, 2.05) is 41.3 Å². The number of carbonyl (C=O) groups is 1. The SMILES string of the molecule is Cc1cc(C)cc(OCCn2c(C3CC(=O)N(Cc4ccccc4)C3)nc3ccccc32)c1. The van der Waals surface area contributed by atoms with Crippen LogP contribution in [0, 0.1) is 13.8 Å². The standard InChI is InChI=1S/C28H29N3O2/c1-20-14-21(2)16-24(15-20)33-13-12-31-26-11-7-6-10-25(26)29-28(31)23-17-27(32)30(19-23)18-22-8-4-3-5-9-22/h3-11,14-16,23H,12-13,17-19H2,1-2H3. The smallest absolute Gasteiger partial charge is 0.223 e. The van der Waals surface area contributed by atoms with E-state index in [1.54, 1.807) is 0 Å². The second-order valence-corrected chi connectivity index (χ2v) is 8.94. The van der Waals surface area contributed by atoms with Crippen LogP contribution in [0.25, 0.3) is 11.0 Å². The van der Waals surface area contributed by atoms with Gasteiger partial charge in [0.15, 0.2) is 0 Å². The fourth-order valence-corrected chi connectivity index (χ4v) is 4.81. The Bertz CT molecular complexity index is 1260. The molecule has 0 saturated carbocycles. The highest BCUT2D eigenvalue weighted by Gasteiger charge is 2.33. The molecule has 1 aromatic heterocycles. The van der Waals surface area contributed by atoms with Crippen molar-refractivity contribution in [1.29, 1.82) is 0 Å². The first-order valence-corrected chi connectivity index (χ1v) is 11.5. The lowest BCUT2D eigenvalue weighted by atomic mass is 10.1. The Labute approximate surface area is 194 Å². The van der Waals surface area contributed by atoms with Gasteiger partial charge in [-0.3, -0.25) is 4.79 Å². The molecular weight excluding hydrogens is 410 g/mol. The molecule has 168 valence electrons. The van der Waals surface area contributed by atoms with Crippen LogP contribution < -0.4 is 4.74 Å². The molecule has 33 heavy (non-hydrogen) atoms. The Balaban J connectivity index is 1.36. The Hall–Kier alpha value is -3.60. The normalized spacial score (nSPS) is 16.0. The molecule has 0 bridgehead atoms. The summed E-state index contributed by atoms with van der Waals surface area (Å²) in [4.78, 5) is 19.7. The molecule has 1 atom stereocenters. The molecule has 0 N–H and O–H groups in total. The summed E-state index contributed by atoms with van der Waals surface area (Å²) in [6.45, 7) is 6.73. The van der Waals surface area contributed by atoms with E-state index in [2.05, 4.69) is 54.8 Å². The number of rotatable bonds is 7. The molecule has 0 radical (unpaired) electrons. The lowest BCUT2D eigenvalue weighted by Gasteiger charge is -2.17. The number of imidazole rings is 1. The maximum atomic E-state index is 12.8. The fourth-order valence-electron chi connectivity index (χ4n) is 4.81. The van der Waals surface area contributed by atoms with Crippen LogP contribution in [-0.4, -0.2) is 33.5 Å². The van der Waals surface area contributed by atoms with Gasteiger partial charge in [-0.05, 0) is 54.8 Å². The largest absolute Gasteiger partial charge is 0.492 e. The van der Waals surface area contributed by atoms with Gasteiger partial charge in [0.1, 0.15) is 18.2 Å². The van der Waals surface area contributed by atoms with Crippen LogP contribution in [-0.2, 0) is 17.9 Å². The summed E-state index contributed by atoms with van der Waals surface area (Å²) in [7, 11) is 0. The van der Waals surface area contributed by atoms with Crippen molar-refractivity contribution < 1.29 is 9.53 Å². The van der Waals surface area contributed by atoms with Crippen molar-refractivity contribution in [2.45, 2.75) is 39.3 Å². The van der Waals surface area contributed by atoms with Crippen molar-refractivity contribution in [3.05, 3.63) is 95.3 Å². The molecule has 5 rings (SSSR count). The van der Waals surface area contributed by atoms with Crippen LogP contribution in [0.1, 0.15) is 34.9 Å². The molecule has 0 spiro atoms. The first kappa shape index (κ1) is 21.3. The van der Waals surface area contributed by atoms with E-state index in [9.17, 15) is 4.79 Å². The van der Waals surface area contributed by atoms with Crippen molar-refractivity contribution >= 4 is 16.9 Å². The monoisotopic (exact) mass is 439 g/mol. The van der Waals surface area contributed by atoms with Crippen LogP contribution >= 0.6 is 0 Å². The van der Waals surface area contributed by atoms with E-state index in [0.29, 0.717) is 32.7 Å². The molecule has 1 unspecified atom stereocenters. The highest BCUT2D eigenvalue weighted by molar-refractivity contribution is 5.81. The van der Waals surface area contributed by atoms with Crippen LogP contribution in [0.2, 0.25) is 0 Å². The van der Waals surface area contributed by atoms with Gasteiger partial charge in [-0.1, -0.05) is 48.5 Å². The molecule has 1 fully saturated rings. The average Bonchev–Trinajstić information content (AvgIpc) is 3.34. The van der Waals surface area contributed by atoms with Gasteiger partial charge in [0, 0.05) is 25.4 Å². The molecule has 5 heteroatoms. The third-order valence-corrected chi connectivity index (χ3v) is 6.26. The molecule has 3 aromatic carbocycles. The topological polar surface area (TPSA) is 47.4 Å². The molecule has 1 saturated heterocycles. The average molecular weight is 440 g/mol. The number of fused-ring (bicyclic) bond motifs is 1. The first-order valence-electron chi connectivity index (χ1n) is 11.5. The van der Waals surface area contributed by atoms with E-state index in [0.717, 1.165) is 28.2 Å². The second kappa shape index (κ2) is 9.10. The summed E-state index contributed by atoms with van der Waals surface area (Å²) < 4.78 is 8.34. The number of amides is 1. The number of hydrogen-bond donors (Lipinski definition) is 0. The number of para-hydroxylation sites is 2. The van der Waals surface area contributed by atoms with Gasteiger partial charge < -0.3 is 14.2 Å². The number of ether oxygens (including phenoxy) is 1. The molecule has 5 nitrogen and oxygen atoms in total. The van der Waals surface area contributed by atoms with Gasteiger partial charge in [-0.25, -0.2) is 4.98 Å². The molecule has 1 aliphatic rings. The Kier molecular flexibility index (Phi) is 5.86. The Morgan fingerprint density at radius 1 is 0.970 bits per heavy atom. The highest BCUT2D eigenvalue weighted by Crippen LogP contribution is 2.31. The zero-order chi connectivity index (χ0) is 22.8. The van der Waals surface area contributed by atoms with Gasteiger partial charge in [-0.15, -0.1) is 0 Å². The van der Waals surface area contributed by atoms with Crippen molar-refractivity contribution in [1.82, 2.24) is 14.5 Å². The van der Waals surface area contributed by atoms with E-state index >= 15 is 0 Å². The van der Waals surface area contributed by atoms with Crippen molar-refractivity contribution in [2.75, 3.05) is 13.2 Å². The molecule has 1 amide bonds. The number of aromatic nitrogens is 2. The molecule has 2 heterocycles. The van der Waals surface area contributed by atoms with E-state index in [1.165, 1.54) is 11.1 Å². The maximum absolute atomic E-state index is 12.8. The molecule has 0 aliphatic carbocycles. The predicted octanol–water partition coefficient (Wildman–Crippen LogP) is 5.25. The van der Waals surface area contributed by atoms with Crippen molar-refractivity contribution in [2.24, 2.45) is 0 Å². The zero-order valence-electron chi connectivity index (χ0n) is 19.2. The number of aryl methyl sites for hydroxylation is 2. The third kappa shape index (κ3) is 4.63. The van der Waals surface area contributed by atoms with Crippen LogP contribution in [0.4, 0.5) is 0 Å². The van der Waals surface area contributed by atoms with E-state index < -0.39 is 0 Å². The quantitative estimate of drug-likeness (QED) is 0.395. The molecule has 1 aliphatic heterocycles. The third-order valence-electron chi connectivity index (χ3n) is 6.26. The minimum atomic E-state index is 0.0785. The Morgan fingerprint density at radius 3 is 2.48 bits per heavy atom. The summed E-state index contributed by atoms with van der Waals surface area (Å²) in [5.41, 5.74) is 5.60. The molecule has 4 aromatic rings. The maximum Gasteiger partial charge on any atom is 0.223 e. The highest BCUT2D eigenvalue weighted by atomic mass is 16.5. The molecular formula is C28H29N3O2. The van der Waals surface area contributed by atoms with E-state index in [4.69, 9.17) is 9.72 Å². The lowest BCUT2D eigenvalue weighted by Crippen LogP contribution is -2.24. The Morgan fingerprint density at radius 2 is 1.70 bits per heavy atom. The zero-order valence-corrected chi connectivity index (χ0v) is 19.2. The lowest BCUT2D eigenvalue weighted by molar-refractivity contribution is -0.128. The summed E-state index contributed by atoms with van der Waals surface area (Å²) in [5, 5.41) is 0. The van der Waals surface area contributed by atoms with Gasteiger partial charge in [0.25, 0.3) is 0 Å². The van der Waals surface area contributed by atoms with E-state index in [-0.39, 0.29) is 11.8 Å². The first-order chi connectivity index (χ1) is 16.1. The van der Waals surface area contributed by atoms with Crippen LogP contribution in [0.3, 0.4) is 0 Å². The van der Waals surface area contributed by atoms with Gasteiger partial charge in [0.2, 0.25) is 5.91 Å². The number of likely N-dealkylation sites (tertiary alicyclic amines) is 1. The van der Waals surface area contributed by atoms with Crippen LogP contribution in [0.5, 0.6) is 5.75 Å². The fraction of sp³-hybridized carbons (Fsp3) is 0.286. The van der Waals surface area contributed by atoms with Gasteiger partial charge in [0.05, 0.1) is 17.6 Å². The van der Waals surface area contributed by atoms with Gasteiger partial charge in [-0.2, -0.15) is 0 Å². The minimum Gasteiger partial charge on any atom is -0.492 e. The number of nitrogens with zero attached hydrogens (tertiary/aromatic N) is 3. The van der Waals surface area contributed by atoms with Crippen LogP contribution in [0.15, 0.2) is 72.8 Å². The summed E-state index contributed by atoms with van der Waals surface area (Å²) in [5.74, 6) is 2.14. The summed E-state index contributed by atoms with van der Waals surface area (Å²) >= 11 is 0. The number of carbonyl (C=O) groups excluding carboxylic acids is 1. The minimum absolute atomic E-state index is 0.0785. The van der Waals surface area contributed by atoms with Crippen molar-refractivity contribution in [3.63, 3.8) is 0 Å². The number of hydrogen-bond acceptors (Lipinski definition) is 3.